The highest BCUT2D eigenvalue weighted by Gasteiger charge is 2.29. The fourth-order valence-corrected chi connectivity index (χ4v) is 2.44. The Balaban J connectivity index is 2.18. The second kappa shape index (κ2) is 7.48. The van der Waals surface area contributed by atoms with Crippen LogP contribution < -0.4 is 15.4 Å². The van der Waals surface area contributed by atoms with Crippen LogP contribution >= 0.6 is 22.6 Å². The molecule has 1 atom stereocenters. The van der Waals surface area contributed by atoms with Crippen molar-refractivity contribution in [2.24, 2.45) is 0 Å². The summed E-state index contributed by atoms with van der Waals surface area (Å²) in [5, 5.41) is 5.26. The number of hydrogen-bond donors (Lipinski definition) is 2. The van der Waals surface area contributed by atoms with Crippen molar-refractivity contribution in [2.45, 2.75) is 19.9 Å². The molecule has 0 fully saturated rings. The molecule has 118 valence electrons. The molecule has 0 aliphatic carbocycles. The molecular formula is C15H17IN2O4. The molecule has 2 N–H and O–H groups in total. The second-order valence-electron chi connectivity index (χ2n) is 4.68. The third-order valence-electron chi connectivity index (χ3n) is 3.06. The Kier molecular flexibility index (Phi) is 5.64. The van der Waals surface area contributed by atoms with Crippen LogP contribution in [0.25, 0.3) is 0 Å². The van der Waals surface area contributed by atoms with Gasteiger partial charge in [0.1, 0.15) is 12.4 Å². The highest BCUT2D eigenvalue weighted by Crippen LogP contribution is 2.18. The van der Waals surface area contributed by atoms with E-state index in [4.69, 9.17) is 9.47 Å². The number of amides is 2. The van der Waals surface area contributed by atoms with Crippen LogP contribution in [0, 0.1) is 3.57 Å². The maximum absolute atomic E-state index is 12.1. The number of hydrogen-bond acceptors (Lipinski definition) is 4. The molecule has 22 heavy (non-hydrogen) atoms. The van der Waals surface area contributed by atoms with E-state index in [-0.39, 0.29) is 19.2 Å². The summed E-state index contributed by atoms with van der Waals surface area (Å²) in [5.41, 5.74) is 0.806. The number of rotatable bonds is 5. The summed E-state index contributed by atoms with van der Waals surface area (Å²) < 4.78 is 11.8. The van der Waals surface area contributed by atoms with Gasteiger partial charge < -0.3 is 20.1 Å². The molecule has 1 aromatic carbocycles. The van der Waals surface area contributed by atoms with E-state index in [1.165, 1.54) is 0 Å². The van der Waals surface area contributed by atoms with Crippen molar-refractivity contribution in [3.63, 3.8) is 0 Å². The van der Waals surface area contributed by atoms with Gasteiger partial charge in [0.15, 0.2) is 0 Å². The molecule has 7 heteroatoms. The maximum atomic E-state index is 12.1. The zero-order valence-electron chi connectivity index (χ0n) is 12.3. The SMILES string of the molecule is CCOC(=O)C1=C(COc2ccc(I)cc2)NC(=O)N[C@H]1C. The lowest BCUT2D eigenvalue weighted by Crippen LogP contribution is -2.50. The first-order valence-corrected chi connectivity index (χ1v) is 7.95. The number of ether oxygens (including phenoxy) is 2. The number of carbonyl (C=O) groups is 2. The zero-order valence-corrected chi connectivity index (χ0v) is 14.5. The van der Waals surface area contributed by atoms with Gasteiger partial charge in [-0.2, -0.15) is 0 Å². The average molecular weight is 416 g/mol. The van der Waals surface area contributed by atoms with Crippen molar-refractivity contribution in [3.05, 3.63) is 39.1 Å². The van der Waals surface area contributed by atoms with Crippen molar-refractivity contribution in [1.82, 2.24) is 10.6 Å². The van der Waals surface area contributed by atoms with E-state index in [0.29, 0.717) is 17.0 Å². The van der Waals surface area contributed by atoms with Gasteiger partial charge in [-0.05, 0) is 60.7 Å². The minimum atomic E-state index is -0.455. The van der Waals surface area contributed by atoms with E-state index in [0.717, 1.165) is 3.57 Å². The van der Waals surface area contributed by atoms with Gasteiger partial charge >= 0.3 is 12.0 Å². The van der Waals surface area contributed by atoms with Gasteiger partial charge in [0.25, 0.3) is 0 Å². The van der Waals surface area contributed by atoms with Crippen LogP contribution in [-0.4, -0.2) is 31.3 Å². The Morgan fingerprint density at radius 1 is 1.32 bits per heavy atom. The monoisotopic (exact) mass is 416 g/mol. The first-order chi connectivity index (χ1) is 10.5. The molecule has 6 nitrogen and oxygen atoms in total. The van der Waals surface area contributed by atoms with E-state index < -0.39 is 12.0 Å². The quantitative estimate of drug-likeness (QED) is 0.570. The molecule has 1 aliphatic heterocycles. The summed E-state index contributed by atoms with van der Waals surface area (Å²) in [5.74, 6) is 0.209. The van der Waals surface area contributed by atoms with Gasteiger partial charge in [0.05, 0.1) is 23.9 Å². The Labute approximate surface area is 142 Å². The third-order valence-corrected chi connectivity index (χ3v) is 3.78. The molecule has 1 aromatic rings. The predicted molar refractivity (Wildman–Crippen MR) is 89.4 cm³/mol. The first-order valence-electron chi connectivity index (χ1n) is 6.87. The minimum absolute atomic E-state index is 0.0898. The molecule has 2 rings (SSSR count). The van der Waals surface area contributed by atoms with Gasteiger partial charge in [-0.15, -0.1) is 0 Å². The Morgan fingerprint density at radius 3 is 2.64 bits per heavy atom. The molecule has 0 saturated carbocycles. The summed E-state index contributed by atoms with van der Waals surface area (Å²) in [6, 6.07) is 6.71. The third kappa shape index (κ3) is 4.12. The van der Waals surface area contributed by atoms with Crippen LogP contribution in [0.4, 0.5) is 4.79 Å². The van der Waals surface area contributed by atoms with E-state index in [1.807, 2.05) is 24.3 Å². The fourth-order valence-electron chi connectivity index (χ4n) is 2.08. The Bertz CT molecular complexity index is 598. The van der Waals surface area contributed by atoms with E-state index in [2.05, 4.69) is 33.2 Å². The van der Waals surface area contributed by atoms with Gasteiger partial charge in [-0.3, -0.25) is 0 Å². The predicted octanol–water partition coefficient (Wildman–Crippen LogP) is 2.19. The maximum Gasteiger partial charge on any atom is 0.338 e. The molecule has 1 aliphatic rings. The van der Waals surface area contributed by atoms with Crippen LogP contribution in [0.1, 0.15) is 13.8 Å². The van der Waals surface area contributed by atoms with Gasteiger partial charge in [0, 0.05) is 3.57 Å². The number of nitrogens with one attached hydrogen (secondary N) is 2. The smallest absolute Gasteiger partial charge is 0.338 e. The lowest BCUT2D eigenvalue weighted by Gasteiger charge is -2.26. The summed E-state index contributed by atoms with van der Waals surface area (Å²) in [6.45, 7) is 3.83. The summed E-state index contributed by atoms with van der Waals surface area (Å²) in [4.78, 5) is 23.7. The van der Waals surface area contributed by atoms with Crippen LogP contribution in [0.15, 0.2) is 35.5 Å². The molecule has 0 aromatic heterocycles. The first kappa shape index (κ1) is 16.6. The average Bonchev–Trinajstić information content (AvgIpc) is 2.46. The number of carbonyl (C=O) groups excluding carboxylic acids is 2. The van der Waals surface area contributed by atoms with E-state index >= 15 is 0 Å². The van der Waals surface area contributed by atoms with Gasteiger partial charge in [0.2, 0.25) is 0 Å². The molecule has 0 unspecified atom stereocenters. The Morgan fingerprint density at radius 2 is 2.00 bits per heavy atom. The van der Waals surface area contributed by atoms with Crippen molar-refractivity contribution < 1.29 is 19.1 Å². The van der Waals surface area contributed by atoms with Crippen molar-refractivity contribution in [3.8, 4) is 5.75 Å². The summed E-state index contributed by atoms with van der Waals surface area (Å²) in [6.07, 6.45) is 0. The van der Waals surface area contributed by atoms with Crippen LogP contribution in [0.5, 0.6) is 5.75 Å². The van der Waals surface area contributed by atoms with Gasteiger partial charge in [-0.25, -0.2) is 9.59 Å². The van der Waals surface area contributed by atoms with Gasteiger partial charge in [-0.1, -0.05) is 0 Å². The lowest BCUT2D eigenvalue weighted by molar-refractivity contribution is -0.139. The zero-order chi connectivity index (χ0) is 16.1. The van der Waals surface area contributed by atoms with Crippen molar-refractivity contribution >= 4 is 34.6 Å². The van der Waals surface area contributed by atoms with Crippen molar-refractivity contribution in [2.75, 3.05) is 13.2 Å². The molecular weight excluding hydrogens is 399 g/mol. The van der Waals surface area contributed by atoms with Crippen LogP contribution in [0.3, 0.4) is 0 Å². The standard InChI is InChI=1S/C15H17IN2O4/c1-3-21-14(19)13-9(2)17-15(20)18-12(13)8-22-11-6-4-10(16)5-7-11/h4-7,9H,3,8H2,1-2H3,(H2,17,18,20)/t9-/m0/s1. The number of urea groups is 1. The lowest BCUT2D eigenvalue weighted by atomic mass is 10.0. The molecule has 0 bridgehead atoms. The molecule has 2 amide bonds. The van der Waals surface area contributed by atoms with Crippen molar-refractivity contribution in [1.29, 1.82) is 0 Å². The topological polar surface area (TPSA) is 76.7 Å². The van der Waals surface area contributed by atoms with Crippen LogP contribution in [0.2, 0.25) is 0 Å². The minimum Gasteiger partial charge on any atom is -0.487 e. The number of halogens is 1. The molecule has 1 heterocycles. The molecule has 0 spiro atoms. The highest BCUT2D eigenvalue weighted by molar-refractivity contribution is 14.1. The number of esters is 1. The largest absolute Gasteiger partial charge is 0.487 e. The Hall–Kier alpha value is -1.77. The molecule has 0 saturated heterocycles. The normalized spacial score (nSPS) is 17.6. The number of benzene rings is 1. The summed E-state index contributed by atoms with van der Waals surface area (Å²) in [7, 11) is 0. The van der Waals surface area contributed by atoms with Crippen LogP contribution in [-0.2, 0) is 9.53 Å². The summed E-state index contributed by atoms with van der Waals surface area (Å²) >= 11 is 2.20. The fraction of sp³-hybridized carbons (Fsp3) is 0.333. The highest BCUT2D eigenvalue weighted by atomic mass is 127. The molecule has 0 radical (unpaired) electrons. The second-order valence-corrected chi connectivity index (χ2v) is 5.92. The van der Waals surface area contributed by atoms with E-state index in [9.17, 15) is 9.59 Å². The van der Waals surface area contributed by atoms with E-state index in [1.54, 1.807) is 13.8 Å².